The molecule has 2 saturated carbocycles. The second kappa shape index (κ2) is 10.4. The number of piperidine rings is 1. The molecule has 47 heavy (non-hydrogen) atoms. The molecule has 2 bridgehead atoms. The number of imidazole rings is 1. The largest absolute Gasteiger partial charge is 0.494 e. The number of aryl methyl sites for hydroxylation is 2. The number of carbonyl (C=O) groups is 2. The number of amides is 2. The fourth-order valence-electron chi connectivity index (χ4n) is 8.08. The number of nitrogens with one attached hydrogen (secondary N) is 1. The minimum Gasteiger partial charge on any atom is -0.494 e. The summed E-state index contributed by atoms with van der Waals surface area (Å²) in [4.78, 5) is 37.7. The molecule has 2 aromatic carbocycles. The first kappa shape index (κ1) is 28.5. The van der Waals surface area contributed by atoms with Crippen LogP contribution in [0.25, 0.3) is 44.8 Å². The number of nitrogens with two attached hydrogens (primary N) is 1. The third kappa shape index (κ3) is 4.46. The van der Waals surface area contributed by atoms with E-state index < -0.39 is 5.82 Å². The van der Waals surface area contributed by atoms with Gasteiger partial charge in [0.2, 0.25) is 5.91 Å². The molecule has 3 aromatic heterocycles. The zero-order valence-corrected chi connectivity index (χ0v) is 26.4. The Labute approximate surface area is 270 Å². The van der Waals surface area contributed by atoms with Gasteiger partial charge in [0, 0.05) is 55.2 Å². The van der Waals surface area contributed by atoms with Gasteiger partial charge >= 0.3 is 0 Å². The van der Waals surface area contributed by atoms with Crippen LogP contribution in [0, 0.1) is 17.7 Å². The lowest BCUT2D eigenvalue weighted by Crippen LogP contribution is -2.41. The van der Waals surface area contributed by atoms with Gasteiger partial charge in [-0.25, -0.2) is 14.4 Å². The van der Waals surface area contributed by atoms with Crippen LogP contribution in [0.4, 0.5) is 10.1 Å². The Hall–Kier alpha value is -4.77. The van der Waals surface area contributed by atoms with Gasteiger partial charge in [-0.15, -0.1) is 0 Å². The van der Waals surface area contributed by atoms with E-state index in [1.165, 1.54) is 6.07 Å². The fraction of sp³-hybridized carbons (Fsp3) is 0.389. The van der Waals surface area contributed by atoms with Gasteiger partial charge in [0.05, 0.1) is 29.7 Å². The molecule has 1 saturated heterocycles. The van der Waals surface area contributed by atoms with Crippen LogP contribution in [0.1, 0.15) is 48.0 Å². The van der Waals surface area contributed by atoms with Crippen molar-refractivity contribution in [3.63, 3.8) is 0 Å². The van der Waals surface area contributed by atoms with Crippen molar-refractivity contribution < 1.29 is 18.7 Å². The zero-order valence-electron chi connectivity index (χ0n) is 26.4. The predicted molar refractivity (Wildman–Crippen MR) is 177 cm³/mol. The first-order chi connectivity index (χ1) is 22.8. The molecule has 11 heteroatoms. The summed E-state index contributed by atoms with van der Waals surface area (Å²) in [6.45, 7) is 1.49. The highest BCUT2D eigenvalue weighted by molar-refractivity contribution is 6.00. The number of fused-ring (bicyclic) bond motifs is 5. The minimum absolute atomic E-state index is 0.0272. The summed E-state index contributed by atoms with van der Waals surface area (Å²) in [6, 6.07) is 13.3. The summed E-state index contributed by atoms with van der Waals surface area (Å²) in [7, 11) is 3.59. The van der Waals surface area contributed by atoms with Crippen molar-refractivity contribution in [2.45, 2.75) is 57.2 Å². The van der Waals surface area contributed by atoms with Gasteiger partial charge < -0.3 is 29.8 Å². The van der Waals surface area contributed by atoms with Gasteiger partial charge in [0.25, 0.3) is 5.91 Å². The average molecular weight is 634 g/mol. The van der Waals surface area contributed by atoms with E-state index in [1.54, 1.807) is 7.11 Å². The Morgan fingerprint density at radius 2 is 1.94 bits per heavy atom. The molecule has 5 heterocycles. The fourth-order valence-corrected chi connectivity index (χ4v) is 8.08. The first-order valence-electron chi connectivity index (χ1n) is 16.5. The highest BCUT2D eigenvalue weighted by atomic mass is 19.1. The van der Waals surface area contributed by atoms with Gasteiger partial charge in [0.15, 0.2) is 5.82 Å². The van der Waals surface area contributed by atoms with Crippen LogP contribution in [-0.4, -0.2) is 61.6 Å². The molecule has 10 nitrogen and oxygen atoms in total. The molecule has 4 aliphatic rings. The molecule has 0 radical (unpaired) electrons. The van der Waals surface area contributed by atoms with Crippen molar-refractivity contribution in [1.29, 1.82) is 0 Å². The van der Waals surface area contributed by atoms with E-state index in [9.17, 15) is 9.59 Å². The van der Waals surface area contributed by atoms with Crippen LogP contribution in [0.2, 0.25) is 0 Å². The normalized spacial score (nSPS) is 21.9. The van der Waals surface area contributed by atoms with Gasteiger partial charge in [-0.1, -0.05) is 0 Å². The number of halogens is 1. The van der Waals surface area contributed by atoms with Crippen LogP contribution in [0.3, 0.4) is 0 Å². The third-order valence-corrected chi connectivity index (χ3v) is 10.8. The van der Waals surface area contributed by atoms with E-state index in [-0.39, 0.29) is 29.6 Å². The second-order valence-corrected chi connectivity index (χ2v) is 13.7. The molecule has 5 aromatic rings. The van der Waals surface area contributed by atoms with Gasteiger partial charge in [-0.2, -0.15) is 0 Å². The minimum atomic E-state index is -0.451. The summed E-state index contributed by atoms with van der Waals surface area (Å²) in [6.07, 6.45) is 5.17. The summed E-state index contributed by atoms with van der Waals surface area (Å²) in [5, 5.41) is 3.63. The number of aromatic nitrogens is 4. The van der Waals surface area contributed by atoms with Crippen molar-refractivity contribution in [2.24, 2.45) is 24.6 Å². The number of rotatable bonds is 6. The lowest BCUT2D eigenvalue weighted by atomic mass is 9.98. The summed E-state index contributed by atoms with van der Waals surface area (Å²) >= 11 is 0. The number of pyridine rings is 1. The molecule has 3 N–H and O–H groups in total. The van der Waals surface area contributed by atoms with Crippen molar-refractivity contribution in [1.82, 2.24) is 24.0 Å². The molecule has 2 aliphatic carbocycles. The molecule has 9 rings (SSSR count). The Morgan fingerprint density at radius 1 is 1.09 bits per heavy atom. The third-order valence-electron chi connectivity index (χ3n) is 10.8. The first-order valence-corrected chi connectivity index (χ1v) is 16.5. The van der Waals surface area contributed by atoms with Gasteiger partial charge in [0.1, 0.15) is 22.7 Å². The number of anilines is 1. The lowest BCUT2D eigenvalue weighted by molar-refractivity contribution is -0.116. The molecular weight excluding hydrogens is 597 g/mol. The summed E-state index contributed by atoms with van der Waals surface area (Å²) < 4.78 is 25.2. The smallest absolute Gasteiger partial charge is 0.254 e. The van der Waals surface area contributed by atoms with E-state index in [2.05, 4.69) is 16.0 Å². The highest BCUT2D eigenvalue weighted by Crippen LogP contribution is 2.41. The van der Waals surface area contributed by atoms with Crippen LogP contribution in [0.5, 0.6) is 5.75 Å². The van der Waals surface area contributed by atoms with Crippen LogP contribution < -0.4 is 15.8 Å². The maximum Gasteiger partial charge on any atom is 0.254 e. The Balaban J connectivity index is 1.14. The number of nitrogens with zero attached hydrogens (tertiary/aromatic N) is 5. The maximum atomic E-state index is 15.1. The molecule has 3 atom stereocenters. The Bertz CT molecular complexity index is 2150. The van der Waals surface area contributed by atoms with Crippen molar-refractivity contribution in [2.75, 3.05) is 19.0 Å². The topological polar surface area (TPSA) is 120 Å². The van der Waals surface area contributed by atoms with Crippen molar-refractivity contribution in [3.05, 3.63) is 59.4 Å². The molecule has 2 aliphatic heterocycles. The summed E-state index contributed by atoms with van der Waals surface area (Å²) in [5.41, 5.74) is 12.6. The predicted octanol–water partition coefficient (Wildman–Crippen LogP) is 5.26. The number of methoxy groups -OCH3 is 1. The number of likely N-dealkylation sites (tertiary alicyclic amines) is 1. The SMILES string of the molecule is COc1cc(C(=O)N2C[C@H]3CC[C@@H]2[C@@H]3N)cc2nc(-c3cc4ccc(-c5cc(F)c6c(c5)CCC(=O)N6)nc4n3CC3CC3)n(C)c12. The molecular formula is C36H36FN7O3. The van der Waals surface area contributed by atoms with E-state index in [0.717, 1.165) is 65.9 Å². The van der Waals surface area contributed by atoms with Gasteiger partial charge in [-0.3, -0.25) is 9.59 Å². The monoisotopic (exact) mass is 633 g/mol. The quantitative estimate of drug-likeness (QED) is 0.263. The van der Waals surface area contributed by atoms with E-state index in [1.807, 2.05) is 46.8 Å². The number of ether oxygens (including phenoxy) is 1. The second-order valence-electron chi connectivity index (χ2n) is 13.7. The zero-order chi connectivity index (χ0) is 32.1. The molecule has 240 valence electrons. The maximum absolute atomic E-state index is 15.1. The number of benzene rings is 2. The highest BCUT2D eigenvalue weighted by Gasteiger charge is 2.47. The molecule has 3 fully saturated rings. The van der Waals surface area contributed by atoms with Crippen molar-refractivity contribution in [3.8, 4) is 28.5 Å². The average Bonchev–Trinajstić information content (AvgIpc) is 3.48. The lowest BCUT2D eigenvalue weighted by Gasteiger charge is -2.27. The molecule has 0 unspecified atom stereocenters. The number of hydrogen-bond donors (Lipinski definition) is 2. The Kier molecular flexibility index (Phi) is 6.28. The van der Waals surface area contributed by atoms with E-state index in [0.29, 0.717) is 59.3 Å². The van der Waals surface area contributed by atoms with E-state index >= 15 is 4.39 Å². The molecule has 0 spiro atoms. The van der Waals surface area contributed by atoms with Crippen LogP contribution >= 0.6 is 0 Å². The summed E-state index contributed by atoms with van der Waals surface area (Å²) in [5.74, 6) is 1.62. The van der Waals surface area contributed by atoms with Crippen molar-refractivity contribution >= 4 is 39.6 Å². The van der Waals surface area contributed by atoms with Crippen LogP contribution in [0.15, 0.2) is 42.5 Å². The Morgan fingerprint density at radius 3 is 2.68 bits per heavy atom. The standard InChI is InChI=1S/C36H36FN7O3/c1-42-33-26(13-23(15-29(33)47-2)36(46)44-17-21-6-9-27(44)31(21)38)40-35(42)28-14-20-5-8-25(39-34(20)43(28)16-18-3-4-18)22-11-19-7-10-30(45)41-32(19)24(37)12-22/h5,8,11-15,18,21,27,31H,3-4,6-7,9-10,16-17,38H2,1-2H3,(H,41,45)/t21-,27-,31-/m1/s1. The number of hydrogen-bond acceptors (Lipinski definition) is 6. The molecule has 2 amide bonds. The van der Waals surface area contributed by atoms with Crippen LogP contribution in [-0.2, 0) is 24.8 Å². The van der Waals surface area contributed by atoms with Gasteiger partial charge in [-0.05, 0) is 92.0 Å². The number of carbonyl (C=O) groups excluding carboxylic acids is 2. The van der Waals surface area contributed by atoms with E-state index in [4.69, 9.17) is 20.4 Å².